The highest BCUT2D eigenvalue weighted by Gasteiger charge is 2.17. The number of carbonyl (C=O) groups excluding carboxylic acids is 1. The van der Waals surface area contributed by atoms with Gasteiger partial charge in [0.15, 0.2) is 0 Å². The van der Waals surface area contributed by atoms with Crippen LogP contribution in [0.3, 0.4) is 0 Å². The lowest BCUT2D eigenvalue weighted by molar-refractivity contribution is -0.628. The molecule has 1 amide bonds. The van der Waals surface area contributed by atoms with Crippen molar-refractivity contribution < 1.29 is 14.3 Å². The number of rotatable bonds is 1. The topological polar surface area (TPSA) is 83.0 Å². The second-order valence-electron chi connectivity index (χ2n) is 3.30. The summed E-state index contributed by atoms with van der Waals surface area (Å²) in [6.07, 6.45) is 2.22. The minimum Gasteiger partial charge on any atom is -0.618 e. The maximum Gasteiger partial charge on any atom is 0.313 e. The highest BCUT2D eigenvalue weighted by atomic mass is 16.5. The first kappa shape index (κ1) is 10.2. The molecule has 0 aliphatic rings. The van der Waals surface area contributed by atoms with E-state index in [1.165, 1.54) is 13.0 Å². The van der Waals surface area contributed by atoms with Gasteiger partial charge in [-0.3, -0.25) is 4.79 Å². The summed E-state index contributed by atoms with van der Waals surface area (Å²) in [7, 11) is 0. The molecule has 2 rings (SSSR count). The van der Waals surface area contributed by atoms with Crippen molar-refractivity contribution in [3.63, 3.8) is 0 Å². The molecule has 0 saturated carbocycles. The van der Waals surface area contributed by atoms with E-state index >= 15 is 0 Å². The maximum atomic E-state index is 11.5. The summed E-state index contributed by atoms with van der Waals surface area (Å²) in [6, 6.07) is 4.68. The van der Waals surface area contributed by atoms with E-state index in [-0.39, 0.29) is 16.9 Å². The summed E-state index contributed by atoms with van der Waals surface area (Å²) < 4.78 is 1.13. The van der Waals surface area contributed by atoms with Gasteiger partial charge in [0, 0.05) is 13.0 Å². The zero-order valence-corrected chi connectivity index (χ0v) is 8.51. The molecule has 1 N–H and O–H groups in total. The van der Waals surface area contributed by atoms with Crippen molar-refractivity contribution in [3.05, 3.63) is 41.0 Å². The number of nitrogens with one attached hydrogen (secondary N) is 1. The average molecular weight is 219 g/mol. The molecule has 2 aromatic rings. The molecule has 6 nitrogen and oxygen atoms in total. The molecule has 6 heteroatoms. The van der Waals surface area contributed by atoms with Crippen molar-refractivity contribution in [1.29, 1.82) is 0 Å². The minimum atomic E-state index is -0.297. The Kier molecular flexibility index (Phi) is 2.32. The van der Waals surface area contributed by atoms with Gasteiger partial charge in [-0.25, -0.2) is 0 Å². The molecule has 1 aromatic carbocycles. The van der Waals surface area contributed by atoms with E-state index in [9.17, 15) is 15.2 Å². The number of anilines is 1. The standard InChI is InChI=1S/C10H9N3O3/c1-7(14)11-8-3-2-4-9-10(8)13(16)6-5-12(9)15/h2-6H,1H3,(H,11,14). The fourth-order valence-corrected chi connectivity index (χ4v) is 1.51. The molecule has 0 atom stereocenters. The van der Waals surface area contributed by atoms with Gasteiger partial charge < -0.3 is 15.7 Å². The smallest absolute Gasteiger partial charge is 0.313 e. The van der Waals surface area contributed by atoms with Crippen LogP contribution in [-0.4, -0.2) is 5.91 Å². The molecule has 0 aliphatic heterocycles. The lowest BCUT2D eigenvalue weighted by Crippen LogP contribution is -2.37. The van der Waals surface area contributed by atoms with E-state index in [0.29, 0.717) is 15.1 Å². The fourth-order valence-electron chi connectivity index (χ4n) is 1.51. The van der Waals surface area contributed by atoms with Crippen LogP contribution in [0, 0.1) is 10.4 Å². The lowest BCUT2D eigenvalue weighted by Gasteiger charge is -2.06. The minimum absolute atomic E-state index is 0.148. The van der Waals surface area contributed by atoms with Crippen molar-refractivity contribution >= 4 is 22.6 Å². The molecule has 0 saturated heterocycles. The fraction of sp³-hybridized carbons (Fsp3) is 0.100. The third-order valence-corrected chi connectivity index (χ3v) is 2.12. The Morgan fingerprint density at radius 1 is 1.25 bits per heavy atom. The van der Waals surface area contributed by atoms with Gasteiger partial charge in [0.1, 0.15) is 5.69 Å². The molecule has 0 aliphatic carbocycles. The molecular formula is C10H9N3O3. The van der Waals surface area contributed by atoms with E-state index in [1.807, 2.05) is 0 Å². The molecular weight excluding hydrogens is 210 g/mol. The van der Waals surface area contributed by atoms with Crippen LogP contribution in [0.2, 0.25) is 0 Å². The summed E-state index contributed by atoms with van der Waals surface area (Å²) in [5.41, 5.74) is 0.684. The highest BCUT2D eigenvalue weighted by molar-refractivity contribution is 5.96. The van der Waals surface area contributed by atoms with Gasteiger partial charge in [0.2, 0.25) is 18.3 Å². The first-order valence-corrected chi connectivity index (χ1v) is 4.61. The Morgan fingerprint density at radius 2 is 1.94 bits per heavy atom. The molecule has 82 valence electrons. The lowest BCUT2D eigenvalue weighted by atomic mass is 10.2. The monoisotopic (exact) mass is 219 g/mol. The van der Waals surface area contributed by atoms with Crippen molar-refractivity contribution in [2.45, 2.75) is 6.92 Å². The van der Waals surface area contributed by atoms with Gasteiger partial charge in [-0.05, 0) is 6.07 Å². The number of hydrogen-bond acceptors (Lipinski definition) is 3. The summed E-state index contributed by atoms with van der Waals surface area (Å²) in [5.74, 6) is -0.297. The van der Waals surface area contributed by atoms with E-state index in [4.69, 9.17) is 0 Å². The number of para-hydroxylation sites is 1. The number of hydrogen-bond donors (Lipinski definition) is 1. The highest BCUT2D eigenvalue weighted by Crippen LogP contribution is 2.16. The largest absolute Gasteiger partial charge is 0.618 e. The second kappa shape index (κ2) is 3.65. The molecule has 0 radical (unpaired) electrons. The Morgan fingerprint density at radius 3 is 2.62 bits per heavy atom. The van der Waals surface area contributed by atoms with E-state index in [0.717, 1.165) is 12.4 Å². The normalized spacial score (nSPS) is 10.3. The van der Waals surface area contributed by atoms with Gasteiger partial charge in [-0.15, -0.1) is 0 Å². The van der Waals surface area contributed by atoms with Crippen molar-refractivity contribution in [1.82, 2.24) is 0 Å². The summed E-state index contributed by atoms with van der Waals surface area (Å²) in [6.45, 7) is 1.34. The van der Waals surface area contributed by atoms with Crippen LogP contribution in [0.5, 0.6) is 0 Å². The number of fused-ring (bicyclic) bond motifs is 1. The van der Waals surface area contributed by atoms with Crippen LogP contribution < -0.4 is 14.8 Å². The Hall–Kier alpha value is -2.37. The zero-order chi connectivity index (χ0) is 11.7. The SMILES string of the molecule is CC(=O)Nc1cccc2c1[n+]([O-])cc[n+]2[O-]. The number of amides is 1. The molecule has 0 fully saturated rings. The first-order chi connectivity index (χ1) is 7.59. The number of carbonyl (C=O) groups is 1. The van der Waals surface area contributed by atoms with Gasteiger partial charge in [-0.1, -0.05) is 6.07 Å². The number of aromatic nitrogens is 2. The van der Waals surface area contributed by atoms with Crippen LogP contribution in [-0.2, 0) is 4.79 Å². The third-order valence-electron chi connectivity index (χ3n) is 2.12. The Balaban J connectivity index is 2.75. The van der Waals surface area contributed by atoms with Crippen LogP contribution in [0.1, 0.15) is 6.92 Å². The van der Waals surface area contributed by atoms with E-state index in [2.05, 4.69) is 5.32 Å². The molecule has 16 heavy (non-hydrogen) atoms. The van der Waals surface area contributed by atoms with Crippen LogP contribution in [0.15, 0.2) is 30.6 Å². The quantitative estimate of drug-likeness (QED) is 0.544. The molecule has 1 aromatic heterocycles. The Bertz CT molecular complexity index is 568. The molecule has 0 unspecified atom stereocenters. The Labute approximate surface area is 90.9 Å². The molecule has 0 spiro atoms. The number of nitrogens with zero attached hydrogens (tertiary/aromatic N) is 2. The van der Waals surface area contributed by atoms with Crippen molar-refractivity contribution in [3.8, 4) is 0 Å². The predicted molar refractivity (Wildman–Crippen MR) is 56.2 cm³/mol. The summed E-state index contributed by atoms with van der Waals surface area (Å²) >= 11 is 0. The maximum absolute atomic E-state index is 11.5. The molecule has 1 heterocycles. The number of benzene rings is 1. The van der Waals surface area contributed by atoms with Gasteiger partial charge in [0.05, 0.1) is 0 Å². The van der Waals surface area contributed by atoms with E-state index in [1.54, 1.807) is 12.1 Å². The van der Waals surface area contributed by atoms with Crippen molar-refractivity contribution in [2.24, 2.45) is 0 Å². The van der Waals surface area contributed by atoms with E-state index < -0.39 is 0 Å². The zero-order valence-electron chi connectivity index (χ0n) is 8.51. The first-order valence-electron chi connectivity index (χ1n) is 4.61. The van der Waals surface area contributed by atoms with Crippen LogP contribution in [0.25, 0.3) is 11.0 Å². The van der Waals surface area contributed by atoms with Gasteiger partial charge in [0.25, 0.3) is 5.52 Å². The summed E-state index contributed by atoms with van der Waals surface area (Å²) in [4.78, 5) is 10.9. The van der Waals surface area contributed by atoms with Crippen LogP contribution in [0.4, 0.5) is 5.69 Å². The molecule has 0 bridgehead atoms. The predicted octanol–water partition coefficient (Wildman–Crippen LogP) is 0.0650. The third kappa shape index (κ3) is 1.60. The van der Waals surface area contributed by atoms with Gasteiger partial charge >= 0.3 is 5.52 Å². The summed E-state index contributed by atoms with van der Waals surface area (Å²) in [5, 5.41) is 25.5. The second-order valence-corrected chi connectivity index (χ2v) is 3.30. The average Bonchev–Trinajstić information content (AvgIpc) is 2.23. The van der Waals surface area contributed by atoms with Crippen molar-refractivity contribution in [2.75, 3.05) is 5.32 Å². The van der Waals surface area contributed by atoms with Gasteiger partial charge in [-0.2, -0.15) is 9.46 Å². The van der Waals surface area contributed by atoms with Crippen LogP contribution >= 0.6 is 0 Å².